The minimum absolute atomic E-state index is 0.485. The zero-order chi connectivity index (χ0) is 16.7. The van der Waals surface area contributed by atoms with Crippen LogP contribution in [0.1, 0.15) is 90.9 Å². The Morgan fingerprint density at radius 3 is 1.64 bits per heavy atom. The maximum Gasteiger partial charge on any atom is 0.471 e. The smallest absolute Gasteiger partial charge is 0.352 e. The molecule has 0 aliphatic carbocycles. The fourth-order valence-corrected chi connectivity index (χ4v) is 2.86. The lowest BCUT2D eigenvalue weighted by Crippen LogP contribution is -2.12. The van der Waals surface area contributed by atoms with E-state index in [0.717, 1.165) is 12.8 Å². The zero-order valence-corrected chi connectivity index (χ0v) is 15.2. The molecule has 1 unspecified atom stereocenters. The molecular formula is C16H35O5P. The molecule has 0 amide bonds. The maximum absolute atomic E-state index is 10.6. The highest BCUT2D eigenvalue weighted by Gasteiger charge is 2.18. The van der Waals surface area contributed by atoms with Crippen LogP contribution in [-0.2, 0) is 13.8 Å². The summed E-state index contributed by atoms with van der Waals surface area (Å²) in [5.41, 5.74) is 0. The van der Waals surface area contributed by atoms with Crippen molar-refractivity contribution >= 4 is 7.82 Å². The predicted octanol–water partition coefficient (Wildman–Crippen LogP) is 5.16. The minimum Gasteiger partial charge on any atom is -0.352 e. The van der Waals surface area contributed by atoms with Crippen LogP contribution < -0.4 is 0 Å². The average molecular weight is 338 g/mol. The third-order valence-corrected chi connectivity index (χ3v) is 4.21. The quantitative estimate of drug-likeness (QED) is 0.231. The van der Waals surface area contributed by atoms with E-state index in [4.69, 9.17) is 14.5 Å². The number of phosphoric ester groups is 1. The summed E-state index contributed by atoms with van der Waals surface area (Å²) in [5, 5.41) is 0. The molecule has 5 nitrogen and oxygen atoms in total. The van der Waals surface area contributed by atoms with Crippen LogP contribution in [0.4, 0.5) is 0 Å². The van der Waals surface area contributed by atoms with Crippen molar-refractivity contribution < 1.29 is 23.6 Å². The van der Waals surface area contributed by atoms with Crippen molar-refractivity contribution in [2.45, 2.75) is 97.2 Å². The van der Waals surface area contributed by atoms with Crippen molar-refractivity contribution in [1.29, 1.82) is 0 Å². The highest BCUT2D eigenvalue weighted by atomic mass is 31.2. The Hall–Kier alpha value is 0.0700. The van der Waals surface area contributed by atoms with Gasteiger partial charge in [-0.2, -0.15) is 0 Å². The second-order valence-corrected chi connectivity index (χ2v) is 7.12. The van der Waals surface area contributed by atoms with Gasteiger partial charge in [-0.05, 0) is 13.3 Å². The van der Waals surface area contributed by atoms with E-state index in [-0.39, 0.29) is 0 Å². The van der Waals surface area contributed by atoms with Gasteiger partial charge in [-0.25, -0.2) is 4.57 Å². The van der Waals surface area contributed by atoms with E-state index in [1.54, 1.807) is 0 Å². The van der Waals surface area contributed by atoms with Crippen LogP contribution in [0.5, 0.6) is 0 Å². The summed E-state index contributed by atoms with van der Waals surface area (Å²) in [6.45, 7) is 4.23. The molecule has 0 aromatic carbocycles. The molecule has 0 aromatic heterocycles. The fraction of sp³-hybridized carbons (Fsp3) is 1.00. The highest BCUT2D eigenvalue weighted by molar-refractivity contribution is 7.46. The van der Waals surface area contributed by atoms with E-state index in [1.165, 1.54) is 71.1 Å². The molecule has 0 heterocycles. The lowest BCUT2D eigenvalue weighted by atomic mass is 10.1. The Morgan fingerprint density at radius 2 is 1.23 bits per heavy atom. The molecule has 6 heteroatoms. The lowest BCUT2D eigenvalue weighted by Gasteiger charge is -2.14. The van der Waals surface area contributed by atoms with Crippen LogP contribution in [0.3, 0.4) is 0 Å². The maximum atomic E-state index is 10.6. The molecular weight excluding hydrogens is 303 g/mol. The summed E-state index contributed by atoms with van der Waals surface area (Å²) < 4.78 is 20.2. The van der Waals surface area contributed by atoms with Crippen LogP contribution in [0.2, 0.25) is 0 Å². The van der Waals surface area contributed by atoms with Crippen molar-refractivity contribution in [3.8, 4) is 0 Å². The molecule has 22 heavy (non-hydrogen) atoms. The normalized spacial score (nSPS) is 13.5. The molecule has 0 saturated heterocycles. The largest absolute Gasteiger partial charge is 0.471 e. The average Bonchev–Trinajstić information content (AvgIpc) is 2.42. The molecule has 0 aliphatic heterocycles. The summed E-state index contributed by atoms with van der Waals surface area (Å²) in [6, 6.07) is 0. The summed E-state index contributed by atoms with van der Waals surface area (Å²) in [4.78, 5) is 17.2. The van der Waals surface area contributed by atoms with E-state index < -0.39 is 14.1 Å². The molecule has 0 rings (SSSR count). The number of ether oxygens (including phenoxy) is 1. The Kier molecular flexibility index (Phi) is 14.7. The van der Waals surface area contributed by atoms with Crippen LogP contribution in [-0.4, -0.2) is 22.7 Å². The molecule has 134 valence electrons. The Bertz CT molecular complexity index is 280. The van der Waals surface area contributed by atoms with Gasteiger partial charge < -0.3 is 14.5 Å². The van der Waals surface area contributed by atoms with Crippen molar-refractivity contribution in [2.75, 3.05) is 6.61 Å². The first-order chi connectivity index (χ1) is 10.5. The lowest BCUT2D eigenvalue weighted by molar-refractivity contribution is -0.0802. The van der Waals surface area contributed by atoms with E-state index in [1.807, 2.05) is 0 Å². The van der Waals surface area contributed by atoms with Gasteiger partial charge in [0.2, 0.25) is 0 Å². The SMILES string of the molecule is CCCCCCCCCCCCCCOC(C)OP(=O)(O)O. The molecule has 0 aromatic rings. The van der Waals surface area contributed by atoms with Crippen molar-refractivity contribution in [2.24, 2.45) is 0 Å². The van der Waals surface area contributed by atoms with Crippen molar-refractivity contribution in [3.05, 3.63) is 0 Å². The van der Waals surface area contributed by atoms with Gasteiger partial charge in [-0.1, -0.05) is 77.6 Å². The van der Waals surface area contributed by atoms with Crippen molar-refractivity contribution in [3.63, 3.8) is 0 Å². The number of hydrogen-bond acceptors (Lipinski definition) is 3. The van der Waals surface area contributed by atoms with Gasteiger partial charge in [0.25, 0.3) is 0 Å². The number of hydrogen-bond donors (Lipinski definition) is 2. The molecule has 0 bridgehead atoms. The Morgan fingerprint density at radius 1 is 0.818 bits per heavy atom. The number of rotatable bonds is 16. The van der Waals surface area contributed by atoms with E-state index in [2.05, 4.69) is 11.4 Å². The van der Waals surface area contributed by atoms with E-state index >= 15 is 0 Å². The third-order valence-electron chi connectivity index (χ3n) is 3.64. The Balaban J connectivity index is 3.16. The molecule has 2 N–H and O–H groups in total. The predicted molar refractivity (Wildman–Crippen MR) is 89.6 cm³/mol. The highest BCUT2D eigenvalue weighted by Crippen LogP contribution is 2.37. The van der Waals surface area contributed by atoms with Gasteiger partial charge in [-0.3, -0.25) is 4.52 Å². The summed E-state index contributed by atoms with van der Waals surface area (Å²) in [5.74, 6) is 0. The second-order valence-electron chi connectivity index (χ2n) is 5.92. The molecule has 0 spiro atoms. The van der Waals surface area contributed by atoms with Gasteiger partial charge in [0.15, 0.2) is 6.29 Å². The first-order valence-electron chi connectivity index (χ1n) is 8.81. The number of unbranched alkanes of at least 4 members (excludes halogenated alkanes) is 11. The second kappa shape index (κ2) is 14.6. The third kappa shape index (κ3) is 18.1. The monoisotopic (exact) mass is 338 g/mol. The van der Waals surface area contributed by atoms with Crippen LogP contribution >= 0.6 is 7.82 Å². The summed E-state index contributed by atoms with van der Waals surface area (Å²) >= 11 is 0. The number of phosphoric acid groups is 1. The Labute approximate surface area is 136 Å². The van der Waals surface area contributed by atoms with Gasteiger partial charge >= 0.3 is 7.82 Å². The summed E-state index contributed by atoms with van der Waals surface area (Å²) in [7, 11) is -4.43. The first kappa shape index (κ1) is 22.1. The molecule has 0 fully saturated rings. The summed E-state index contributed by atoms with van der Waals surface area (Å²) in [6.07, 6.45) is 14.5. The van der Waals surface area contributed by atoms with E-state index in [9.17, 15) is 4.57 Å². The van der Waals surface area contributed by atoms with Crippen LogP contribution in [0, 0.1) is 0 Å². The first-order valence-corrected chi connectivity index (χ1v) is 10.3. The van der Waals surface area contributed by atoms with Gasteiger partial charge in [0, 0.05) is 6.61 Å². The molecule has 1 atom stereocenters. The topological polar surface area (TPSA) is 76.0 Å². The zero-order valence-electron chi connectivity index (χ0n) is 14.3. The molecule has 0 aliphatic rings. The van der Waals surface area contributed by atoms with Gasteiger partial charge in [0.05, 0.1) is 0 Å². The van der Waals surface area contributed by atoms with Crippen LogP contribution in [0.25, 0.3) is 0 Å². The van der Waals surface area contributed by atoms with Crippen molar-refractivity contribution in [1.82, 2.24) is 0 Å². The standard InChI is InChI=1S/C16H35O5P/c1-3-4-5-6-7-8-9-10-11-12-13-14-15-20-16(2)21-22(17,18)19/h16H,3-15H2,1-2H3,(H2,17,18,19). The van der Waals surface area contributed by atoms with E-state index in [0.29, 0.717) is 6.61 Å². The van der Waals surface area contributed by atoms with Gasteiger partial charge in [-0.15, -0.1) is 0 Å². The molecule has 0 radical (unpaired) electrons. The minimum atomic E-state index is -4.43. The molecule has 0 saturated carbocycles. The van der Waals surface area contributed by atoms with Crippen LogP contribution in [0.15, 0.2) is 0 Å². The van der Waals surface area contributed by atoms with Gasteiger partial charge in [0.1, 0.15) is 0 Å². The fourth-order valence-electron chi connectivity index (χ4n) is 2.42.